The summed E-state index contributed by atoms with van der Waals surface area (Å²) in [5.74, 6) is 0. The molecule has 12 heavy (non-hydrogen) atoms. The molecule has 0 aromatic carbocycles. The standard InChI is InChI=1S/C9H14N2O/c1-3-8(10)7-5-11-9(12)4-6(7)2/h4-5,8H,3,10H2,1-2H3,(H,11,12)/t8-/m0/s1. The third-order valence-corrected chi connectivity index (χ3v) is 2.01. The second-order valence-electron chi connectivity index (χ2n) is 2.95. The van der Waals surface area contributed by atoms with Crippen LogP contribution in [0.3, 0.4) is 0 Å². The van der Waals surface area contributed by atoms with E-state index in [0.29, 0.717) is 0 Å². The average molecular weight is 166 g/mol. The number of rotatable bonds is 2. The minimum absolute atomic E-state index is 0.0295. The molecule has 0 radical (unpaired) electrons. The lowest BCUT2D eigenvalue weighted by atomic mass is 10.0. The maximum atomic E-state index is 10.9. The highest BCUT2D eigenvalue weighted by atomic mass is 16.1. The molecule has 0 unspecified atom stereocenters. The third kappa shape index (κ3) is 1.74. The average Bonchev–Trinajstić information content (AvgIpc) is 2.03. The van der Waals surface area contributed by atoms with Gasteiger partial charge in [0.25, 0.3) is 0 Å². The fraction of sp³-hybridized carbons (Fsp3) is 0.444. The summed E-state index contributed by atoms with van der Waals surface area (Å²) in [5.41, 5.74) is 7.74. The van der Waals surface area contributed by atoms with E-state index in [4.69, 9.17) is 5.73 Å². The molecule has 3 nitrogen and oxygen atoms in total. The molecular weight excluding hydrogens is 152 g/mol. The van der Waals surface area contributed by atoms with E-state index in [9.17, 15) is 4.79 Å². The maximum absolute atomic E-state index is 10.9. The predicted molar refractivity (Wildman–Crippen MR) is 49.0 cm³/mol. The predicted octanol–water partition coefficient (Wildman–Crippen LogP) is 1.09. The van der Waals surface area contributed by atoms with Gasteiger partial charge in [-0.3, -0.25) is 4.79 Å². The van der Waals surface area contributed by atoms with Crippen LogP contribution in [0.25, 0.3) is 0 Å². The van der Waals surface area contributed by atoms with Crippen LogP contribution in [0.4, 0.5) is 0 Å². The van der Waals surface area contributed by atoms with Crippen molar-refractivity contribution in [1.82, 2.24) is 4.98 Å². The van der Waals surface area contributed by atoms with Gasteiger partial charge in [0, 0.05) is 18.3 Å². The zero-order chi connectivity index (χ0) is 9.14. The van der Waals surface area contributed by atoms with Gasteiger partial charge in [-0.1, -0.05) is 6.92 Å². The zero-order valence-electron chi connectivity index (χ0n) is 7.42. The van der Waals surface area contributed by atoms with Crippen molar-refractivity contribution in [3.8, 4) is 0 Å². The number of hydrogen-bond acceptors (Lipinski definition) is 2. The summed E-state index contributed by atoms with van der Waals surface area (Å²) in [6, 6.07) is 1.60. The minimum atomic E-state index is -0.0699. The Morgan fingerprint density at radius 2 is 2.33 bits per heavy atom. The maximum Gasteiger partial charge on any atom is 0.248 e. The van der Waals surface area contributed by atoms with Gasteiger partial charge in [0.05, 0.1) is 0 Å². The molecule has 0 amide bonds. The highest BCUT2D eigenvalue weighted by Gasteiger charge is 2.05. The summed E-state index contributed by atoms with van der Waals surface area (Å²) in [5, 5.41) is 0. The fourth-order valence-electron chi connectivity index (χ4n) is 1.20. The number of pyridine rings is 1. The van der Waals surface area contributed by atoms with Crippen molar-refractivity contribution >= 4 is 0 Å². The van der Waals surface area contributed by atoms with Crippen LogP contribution in [0.15, 0.2) is 17.1 Å². The molecule has 0 bridgehead atoms. The van der Waals surface area contributed by atoms with Crippen LogP contribution >= 0.6 is 0 Å². The molecule has 1 rings (SSSR count). The topological polar surface area (TPSA) is 58.9 Å². The third-order valence-electron chi connectivity index (χ3n) is 2.01. The molecule has 1 aromatic rings. The number of nitrogens with one attached hydrogen (secondary N) is 1. The van der Waals surface area contributed by atoms with Crippen LogP contribution in [-0.4, -0.2) is 4.98 Å². The van der Waals surface area contributed by atoms with E-state index in [1.54, 1.807) is 12.3 Å². The van der Waals surface area contributed by atoms with Crippen molar-refractivity contribution in [1.29, 1.82) is 0 Å². The van der Waals surface area contributed by atoms with Crippen molar-refractivity contribution in [2.24, 2.45) is 5.73 Å². The molecule has 3 N–H and O–H groups in total. The van der Waals surface area contributed by atoms with E-state index in [1.807, 2.05) is 13.8 Å². The van der Waals surface area contributed by atoms with Crippen molar-refractivity contribution in [2.75, 3.05) is 0 Å². The quantitative estimate of drug-likeness (QED) is 0.691. The summed E-state index contributed by atoms with van der Waals surface area (Å²) >= 11 is 0. The van der Waals surface area contributed by atoms with Crippen molar-refractivity contribution in [2.45, 2.75) is 26.3 Å². The first-order valence-corrected chi connectivity index (χ1v) is 4.10. The SMILES string of the molecule is CC[C@H](N)c1c[nH]c(=O)cc1C. The van der Waals surface area contributed by atoms with E-state index >= 15 is 0 Å². The summed E-state index contributed by atoms with van der Waals surface area (Å²) in [4.78, 5) is 13.5. The Bertz CT molecular complexity index is 317. The Kier molecular flexibility index (Phi) is 2.65. The van der Waals surface area contributed by atoms with E-state index < -0.39 is 0 Å². The van der Waals surface area contributed by atoms with Gasteiger partial charge in [0.2, 0.25) is 5.56 Å². The molecule has 0 aliphatic rings. The van der Waals surface area contributed by atoms with E-state index in [2.05, 4.69) is 4.98 Å². The molecular formula is C9H14N2O. The highest BCUT2D eigenvalue weighted by Crippen LogP contribution is 2.14. The Morgan fingerprint density at radius 1 is 1.67 bits per heavy atom. The summed E-state index contributed by atoms with van der Waals surface area (Å²) < 4.78 is 0. The van der Waals surface area contributed by atoms with Gasteiger partial charge in [-0.25, -0.2) is 0 Å². The highest BCUT2D eigenvalue weighted by molar-refractivity contribution is 5.24. The number of H-pyrrole nitrogens is 1. The molecule has 0 aliphatic carbocycles. The van der Waals surface area contributed by atoms with Crippen LogP contribution in [-0.2, 0) is 0 Å². The molecule has 0 spiro atoms. The molecule has 0 fully saturated rings. The largest absolute Gasteiger partial charge is 0.329 e. The molecule has 1 atom stereocenters. The molecule has 66 valence electrons. The molecule has 0 saturated heterocycles. The minimum Gasteiger partial charge on any atom is -0.329 e. The lowest BCUT2D eigenvalue weighted by molar-refractivity contribution is 0.689. The van der Waals surface area contributed by atoms with Crippen LogP contribution in [0.5, 0.6) is 0 Å². The van der Waals surface area contributed by atoms with Gasteiger partial charge in [-0.15, -0.1) is 0 Å². The second-order valence-corrected chi connectivity index (χ2v) is 2.95. The molecule has 0 saturated carbocycles. The van der Waals surface area contributed by atoms with E-state index in [1.165, 1.54) is 0 Å². The Hall–Kier alpha value is -1.09. The zero-order valence-corrected chi connectivity index (χ0v) is 7.42. The first-order chi connectivity index (χ1) is 5.65. The van der Waals surface area contributed by atoms with Crippen LogP contribution in [0.2, 0.25) is 0 Å². The Balaban J connectivity index is 3.09. The first-order valence-electron chi connectivity index (χ1n) is 4.10. The van der Waals surface area contributed by atoms with Crippen LogP contribution < -0.4 is 11.3 Å². The number of aryl methyl sites for hydroxylation is 1. The van der Waals surface area contributed by atoms with Crippen molar-refractivity contribution in [3.05, 3.63) is 33.7 Å². The summed E-state index contributed by atoms with van der Waals surface area (Å²) in [6.45, 7) is 3.93. The number of aromatic amines is 1. The monoisotopic (exact) mass is 166 g/mol. The number of aromatic nitrogens is 1. The Labute approximate surface area is 71.6 Å². The number of nitrogens with two attached hydrogens (primary N) is 1. The van der Waals surface area contributed by atoms with Gasteiger partial charge >= 0.3 is 0 Å². The molecule has 1 heterocycles. The summed E-state index contributed by atoms with van der Waals surface area (Å²) in [6.07, 6.45) is 2.58. The fourth-order valence-corrected chi connectivity index (χ4v) is 1.20. The van der Waals surface area contributed by atoms with E-state index in [-0.39, 0.29) is 11.6 Å². The molecule has 1 aromatic heterocycles. The lowest BCUT2D eigenvalue weighted by Crippen LogP contribution is -2.14. The van der Waals surface area contributed by atoms with Gasteiger partial charge < -0.3 is 10.7 Å². The first kappa shape index (κ1) is 9.00. The number of hydrogen-bond donors (Lipinski definition) is 2. The lowest BCUT2D eigenvalue weighted by Gasteiger charge is -2.10. The van der Waals surface area contributed by atoms with Crippen molar-refractivity contribution in [3.63, 3.8) is 0 Å². The second kappa shape index (κ2) is 3.54. The van der Waals surface area contributed by atoms with Crippen molar-refractivity contribution < 1.29 is 0 Å². The molecule has 0 aliphatic heterocycles. The molecule has 3 heteroatoms. The van der Waals surface area contributed by atoms with Crippen LogP contribution in [0.1, 0.15) is 30.5 Å². The summed E-state index contributed by atoms with van der Waals surface area (Å²) in [7, 11) is 0. The normalized spacial score (nSPS) is 12.9. The van der Waals surface area contributed by atoms with Gasteiger partial charge in [0.15, 0.2) is 0 Å². The van der Waals surface area contributed by atoms with Gasteiger partial charge in [0.1, 0.15) is 0 Å². The Morgan fingerprint density at radius 3 is 2.83 bits per heavy atom. The van der Waals surface area contributed by atoms with Crippen LogP contribution in [0, 0.1) is 6.92 Å². The van der Waals surface area contributed by atoms with Gasteiger partial charge in [-0.05, 0) is 24.5 Å². The smallest absolute Gasteiger partial charge is 0.248 e. The van der Waals surface area contributed by atoms with E-state index in [0.717, 1.165) is 17.5 Å². The van der Waals surface area contributed by atoms with Gasteiger partial charge in [-0.2, -0.15) is 0 Å².